The van der Waals surface area contributed by atoms with Gasteiger partial charge >= 0.3 is 0 Å². The van der Waals surface area contributed by atoms with E-state index in [1.54, 1.807) is 0 Å². The zero-order valence-corrected chi connectivity index (χ0v) is 14.2. The quantitative estimate of drug-likeness (QED) is 0.896. The topological polar surface area (TPSA) is 35.6 Å². The lowest BCUT2D eigenvalue weighted by Gasteiger charge is -2.38. The SMILES string of the molecule is Cl.O=C(C1CCCCN1)N1CCN(c2cccc(Cl)c2)CC1. The number of anilines is 1. The van der Waals surface area contributed by atoms with Gasteiger partial charge in [-0.15, -0.1) is 12.4 Å². The maximum atomic E-state index is 12.5. The van der Waals surface area contributed by atoms with Gasteiger partial charge < -0.3 is 15.1 Å². The van der Waals surface area contributed by atoms with Crippen LogP contribution in [0.4, 0.5) is 5.69 Å². The number of carbonyl (C=O) groups excluding carboxylic acids is 1. The van der Waals surface area contributed by atoms with Gasteiger partial charge in [0.25, 0.3) is 0 Å². The van der Waals surface area contributed by atoms with E-state index in [0.29, 0.717) is 0 Å². The highest BCUT2D eigenvalue weighted by molar-refractivity contribution is 6.30. The van der Waals surface area contributed by atoms with Crippen LogP contribution in [0.3, 0.4) is 0 Å². The third-order valence-corrected chi connectivity index (χ3v) is 4.61. The molecule has 1 aromatic rings. The first-order valence-corrected chi connectivity index (χ1v) is 8.14. The van der Waals surface area contributed by atoms with Crippen molar-refractivity contribution in [1.29, 1.82) is 0 Å². The summed E-state index contributed by atoms with van der Waals surface area (Å²) in [6.45, 7) is 4.31. The van der Waals surface area contributed by atoms with Crippen LogP contribution in [0.2, 0.25) is 5.02 Å². The molecule has 0 radical (unpaired) electrons. The largest absolute Gasteiger partial charge is 0.368 e. The Bertz CT molecular complexity index is 498. The molecule has 0 bridgehead atoms. The minimum atomic E-state index is 0. The van der Waals surface area contributed by atoms with Gasteiger partial charge in [0.2, 0.25) is 5.91 Å². The van der Waals surface area contributed by atoms with Crippen molar-refractivity contribution in [2.75, 3.05) is 37.6 Å². The van der Waals surface area contributed by atoms with E-state index in [1.165, 1.54) is 6.42 Å². The van der Waals surface area contributed by atoms with E-state index < -0.39 is 0 Å². The van der Waals surface area contributed by atoms with Crippen LogP contribution in [-0.4, -0.2) is 49.6 Å². The Morgan fingerprint density at radius 1 is 1.18 bits per heavy atom. The van der Waals surface area contributed by atoms with Crippen molar-refractivity contribution in [3.8, 4) is 0 Å². The number of nitrogens with zero attached hydrogens (tertiary/aromatic N) is 2. The molecule has 6 heteroatoms. The highest BCUT2D eigenvalue weighted by Gasteiger charge is 2.28. The van der Waals surface area contributed by atoms with Crippen molar-refractivity contribution < 1.29 is 4.79 Å². The maximum Gasteiger partial charge on any atom is 0.239 e. The van der Waals surface area contributed by atoms with E-state index in [-0.39, 0.29) is 24.4 Å². The summed E-state index contributed by atoms with van der Waals surface area (Å²) in [5.41, 5.74) is 1.14. The molecule has 2 fully saturated rings. The highest BCUT2D eigenvalue weighted by atomic mass is 35.5. The molecule has 1 atom stereocenters. The van der Waals surface area contributed by atoms with Crippen LogP contribution in [0.15, 0.2) is 24.3 Å². The third kappa shape index (κ3) is 4.06. The van der Waals surface area contributed by atoms with Crippen molar-refractivity contribution >= 4 is 35.6 Å². The fraction of sp³-hybridized carbons (Fsp3) is 0.562. The summed E-state index contributed by atoms with van der Waals surface area (Å²) in [4.78, 5) is 16.8. The molecular weight excluding hydrogens is 321 g/mol. The summed E-state index contributed by atoms with van der Waals surface area (Å²) < 4.78 is 0. The second kappa shape index (κ2) is 8.04. The molecule has 1 unspecified atom stereocenters. The van der Waals surface area contributed by atoms with Gasteiger partial charge in [0.05, 0.1) is 6.04 Å². The molecule has 122 valence electrons. The molecule has 4 nitrogen and oxygen atoms in total. The van der Waals surface area contributed by atoms with Crippen molar-refractivity contribution in [1.82, 2.24) is 10.2 Å². The Morgan fingerprint density at radius 3 is 2.59 bits per heavy atom. The Labute approximate surface area is 143 Å². The number of amides is 1. The second-order valence-corrected chi connectivity index (χ2v) is 6.23. The number of hydrogen-bond acceptors (Lipinski definition) is 3. The van der Waals surface area contributed by atoms with Gasteiger partial charge in [-0.25, -0.2) is 0 Å². The first kappa shape index (κ1) is 17.4. The molecule has 2 aliphatic rings. The number of rotatable bonds is 2. The van der Waals surface area contributed by atoms with Crippen LogP contribution >= 0.6 is 24.0 Å². The number of piperidine rings is 1. The fourth-order valence-corrected chi connectivity index (χ4v) is 3.33. The van der Waals surface area contributed by atoms with Gasteiger partial charge in [-0.2, -0.15) is 0 Å². The maximum absolute atomic E-state index is 12.5. The molecule has 0 aliphatic carbocycles. The first-order chi connectivity index (χ1) is 10.2. The van der Waals surface area contributed by atoms with E-state index in [4.69, 9.17) is 11.6 Å². The van der Waals surface area contributed by atoms with Crippen molar-refractivity contribution in [2.24, 2.45) is 0 Å². The zero-order chi connectivity index (χ0) is 14.7. The van der Waals surface area contributed by atoms with E-state index in [2.05, 4.69) is 16.3 Å². The minimum absolute atomic E-state index is 0. The predicted molar refractivity (Wildman–Crippen MR) is 93.1 cm³/mol. The lowest BCUT2D eigenvalue weighted by molar-refractivity contribution is -0.134. The van der Waals surface area contributed by atoms with Crippen LogP contribution < -0.4 is 10.2 Å². The van der Waals surface area contributed by atoms with Gasteiger partial charge in [0.15, 0.2) is 0 Å². The Morgan fingerprint density at radius 2 is 1.95 bits per heavy atom. The van der Waals surface area contributed by atoms with Crippen molar-refractivity contribution in [3.05, 3.63) is 29.3 Å². The van der Waals surface area contributed by atoms with E-state index >= 15 is 0 Å². The van der Waals surface area contributed by atoms with E-state index in [0.717, 1.165) is 56.3 Å². The summed E-state index contributed by atoms with van der Waals surface area (Å²) in [5, 5.41) is 4.11. The molecule has 2 saturated heterocycles. The standard InChI is InChI=1S/C16H22ClN3O.ClH/c17-13-4-3-5-14(12-13)19-8-10-20(11-9-19)16(21)15-6-1-2-7-18-15;/h3-5,12,15,18H,1-2,6-11H2;1H. The lowest BCUT2D eigenvalue weighted by atomic mass is 10.0. The molecule has 22 heavy (non-hydrogen) atoms. The summed E-state index contributed by atoms with van der Waals surface area (Å²) in [7, 11) is 0. The second-order valence-electron chi connectivity index (χ2n) is 5.79. The number of carbonyl (C=O) groups is 1. The van der Waals surface area contributed by atoms with Gasteiger partial charge in [0, 0.05) is 36.9 Å². The molecule has 1 N–H and O–H groups in total. The van der Waals surface area contributed by atoms with Gasteiger partial charge in [-0.05, 0) is 37.6 Å². The van der Waals surface area contributed by atoms with Gasteiger partial charge in [-0.1, -0.05) is 24.1 Å². The summed E-state index contributed by atoms with van der Waals surface area (Å²) in [6.07, 6.45) is 3.32. The van der Waals surface area contributed by atoms with E-state index in [1.807, 2.05) is 23.1 Å². The first-order valence-electron chi connectivity index (χ1n) is 7.77. The molecule has 0 aromatic heterocycles. The van der Waals surface area contributed by atoms with E-state index in [9.17, 15) is 4.79 Å². The molecule has 2 heterocycles. The number of halogens is 2. The lowest BCUT2D eigenvalue weighted by Crippen LogP contribution is -2.55. The summed E-state index contributed by atoms with van der Waals surface area (Å²) in [6, 6.07) is 7.96. The molecular formula is C16H23Cl2N3O. The average Bonchev–Trinajstić information content (AvgIpc) is 2.55. The Balaban J connectivity index is 0.00000176. The molecule has 1 aromatic carbocycles. The third-order valence-electron chi connectivity index (χ3n) is 4.37. The van der Waals surface area contributed by atoms with Crippen LogP contribution in [0.5, 0.6) is 0 Å². The van der Waals surface area contributed by atoms with Crippen molar-refractivity contribution in [3.63, 3.8) is 0 Å². The minimum Gasteiger partial charge on any atom is -0.368 e. The molecule has 2 aliphatic heterocycles. The monoisotopic (exact) mass is 343 g/mol. The number of hydrogen-bond donors (Lipinski definition) is 1. The average molecular weight is 344 g/mol. The van der Waals surface area contributed by atoms with Gasteiger partial charge in [-0.3, -0.25) is 4.79 Å². The Kier molecular flexibility index (Phi) is 6.36. The molecule has 1 amide bonds. The van der Waals surface area contributed by atoms with Gasteiger partial charge in [0.1, 0.15) is 0 Å². The molecule has 0 spiro atoms. The smallest absolute Gasteiger partial charge is 0.239 e. The number of nitrogens with one attached hydrogen (secondary N) is 1. The van der Waals surface area contributed by atoms with Crippen LogP contribution in [-0.2, 0) is 4.79 Å². The molecule has 0 saturated carbocycles. The Hall–Kier alpha value is -0.970. The highest BCUT2D eigenvalue weighted by Crippen LogP contribution is 2.21. The summed E-state index contributed by atoms with van der Waals surface area (Å²) in [5.74, 6) is 0.278. The number of piperazine rings is 1. The predicted octanol–water partition coefficient (Wildman–Crippen LogP) is 2.55. The summed E-state index contributed by atoms with van der Waals surface area (Å²) >= 11 is 6.05. The van der Waals surface area contributed by atoms with Crippen LogP contribution in [0.1, 0.15) is 19.3 Å². The normalized spacial score (nSPS) is 22.1. The van der Waals surface area contributed by atoms with Crippen LogP contribution in [0, 0.1) is 0 Å². The zero-order valence-electron chi connectivity index (χ0n) is 12.6. The number of benzene rings is 1. The van der Waals surface area contributed by atoms with Crippen LogP contribution in [0.25, 0.3) is 0 Å². The molecule has 3 rings (SSSR count). The fourth-order valence-electron chi connectivity index (χ4n) is 3.14. The van der Waals surface area contributed by atoms with Crippen molar-refractivity contribution in [2.45, 2.75) is 25.3 Å².